The van der Waals surface area contributed by atoms with Crippen molar-refractivity contribution < 1.29 is 9.72 Å². The molecule has 0 atom stereocenters. The van der Waals surface area contributed by atoms with E-state index in [1.165, 1.54) is 12.1 Å². The second-order valence-electron chi connectivity index (χ2n) is 3.25. The molecule has 0 unspecified atom stereocenters. The quantitative estimate of drug-likeness (QED) is 0.413. The Kier molecular flexibility index (Phi) is 1.73. The van der Waals surface area contributed by atoms with Crippen LogP contribution in [-0.2, 0) is 6.42 Å². The number of nitrogen functional groups attached to an aromatic ring is 1. The number of benzene rings is 1. The highest BCUT2D eigenvalue weighted by Gasteiger charge is 2.27. The largest absolute Gasteiger partial charge is 0.399 e. The molecular weight excluding hydrogens is 184 g/mol. The fourth-order valence-corrected chi connectivity index (χ4v) is 1.73. The summed E-state index contributed by atoms with van der Waals surface area (Å²) in [7, 11) is 0. The summed E-state index contributed by atoms with van der Waals surface area (Å²) in [6.45, 7) is 0. The molecular formula is C9H8N2O3. The minimum Gasteiger partial charge on any atom is -0.399 e. The van der Waals surface area contributed by atoms with Crippen LogP contribution in [0.5, 0.6) is 0 Å². The third-order valence-corrected chi connectivity index (χ3v) is 2.35. The zero-order valence-corrected chi connectivity index (χ0v) is 7.32. The van der Waals surface area contributed by atoms with Crippen LogP contribution in [0.1, 0.15) is 22.3 Å². The van der Waals surface area contributed by atoms with Gasteiger partial charge in [0.1, 0.15) is 0 Å². The van der Waals surface area contributed by atoms with Crippen molar-refractivity contribution in [3.05, 3.63) is 33.4 Å². The van der Waals surface area contributed by atoms with Gasteiger partial charge < -0.3 is 5.73 Å². The number of nitro benzene ring substituents is 1. The number of carbonyl (C=O) groups is 1. The van der Waals surface area contributed by atoms with Crippen molar-refractivity contribution in [2.24, 2.45) is 0 Å². The Morgan fingerprint density at radius 3 is 2.71 bits per heavy atom. The number of rotatable bonds is 1. The smallest absolute Gasteiger partial charge is 0.275 e. The molecule has 1 aromatic carbocycles. The summed E-state index contributed by atoms with van der Waals surface area (Å²) in [4.78, 5) is 21.5. The van der Waals surface area contributed by atoms with Gasteiger partial charge in [0, 0.05) is 29.3 Å². The molecule has 2 rings (SSSR count). The van der Waals surface area contributed by atoms with Gasteiger partial charge in [-0.3, -0.25) is 14.9 Å². The minimum atomic E-state index is -0.492. The maximum Gasteiger partial charge on any atom is 0.275 e. The molecule has 0 spiro atoms. The molecule has 1 aliphatic rings. The number of nitrogens with two attached hydrogens (primary N) is 1. The van der Waals surface area contributed by atoms with Gasteiger partial charge in [0.2, 0.25) is 0 Å². The lowest BCUT2D eigenvalue weighted by molar-refractivity contribution is -0.385. The third kappa shape index (κ3) is 1.14. The van der Waals surface area contributed by atoms with Gasteiger partial charge in [-0.15, -0.1) is 0 Å². The first-order chi connectivity index (χ1) is 6.59. The molecule has 2 N–H and O–H groups in total. The molecule has 0 aliphatic heterocycles. The van der Waals surface area contributed by atoms with E-state index in [-0.39, 0.29) is 17.2 Å². The van der Waals surface area contributed by atoms with Crippen LogP contribution < -0.4 is 5.73 Å². The molecule has 0 fully saturated rings. The number of anilines is 1. The summed E-state index contributed by atoms with van der Waals surface area (Å²) >= 11 is 0. The molecule has 5 heteroatoms. The normalized spacial score (nSPS) is 14.1. The van der Waals surface area contributed by atoms with E-state index in [0.717, 1.165) is 0 Å². The number of fused-ring (bicyclic) bond motifs is 1. The van der Waals surface area contributed by atoms with E-state index in [0.29, 0.717) is 24.0 Å². The van der Waals surface area contributed by atoms with Crippen molar-refractivity contribution in [3.63, 3.8) is 0 Å². The van der Waals surface area contributed by atoms with Crippen LogP contribution in [0.4, 0.5) is 11.4 Å². The van der Waals surface area contributed by atoms with Crippen LogP contribution >= 0.6 is 0 Å². The zero-order chi connectivity index (χ0) is 10.3. The van der Waals surface area contributed by atoms with Gasteiger partial charge in [-0.05, 0) is 12.5 Å². The molecule has 0 aromatic heterocycles. The summed E-state index contributed by atoms with van der Waals surface area (Å²) in [6, 6.07) is 2.81. The van der Waals surface area contributed by atoms with Crippen molar-refractivity contribution in [3.8, 4) is 0 Å². The average molecular weight is 192 g/mol. The highest BCUT2D eigenvalue weighted by molar-refractivity contribution is 6.02. The molecule has 0 radical (unpaired) electrons. The van der Waals surface area contributed by atoms with Crippen LogP contribution in [0.2, 0.25) is 0 Å². The average Bonchev–Trinajstić information content (AvgIpc) is 2.47. The summed E-state index contributed by atoms with van der Waals surface area (Å²) in [5.74, 6) is -0.0598. The topological polar surface area (TPSA) is 86.2 Å². The zero-order valence-electron chi connectivity index (χ0n) is 7.32. The van der Waals surface area contributed by atoms with Gasteiger partial charge in [0.15, 0.2) is 5.78 Å². The minimum absolute atomic E-state index is 0.0362. The van der Waals surface area contributed by atoms with Crippen LogP contribution in [0.15, 0.2) is 12.1 Å². The Balaban J connectivity index is 2.69. The fourth-order valence-electron chi connectivity index (χ4n) is 1.73. The fraction of sp³-hybridized carbons (Fsp3) is 0.222. The highest BCUT2D eigenvalue weighted by Crippen LogP contribution is 2.32. The lowest BCUT2D eigenvalue weighted by Gasteiger charge is -2.01. The molecule has 5 nitrogen and oxygen atoms in total. The molecule has 1 aromatic rings. The first-order valence-corrected chi connectivity index (χ1v) is 4.19. The number of nitrogens with zero attached hydrogens (tertiary/aromatic N) is 1. The number of carbonyl (C=O) groups excluding carboxylic acids is 1. The van der Waals surface area contributed by atoms with Crippen molar-refractivity contribution in [2.75, 3.05) is 5.73 Å². The van der Waals surface area contributed by atoms with E-state index >= 15 is 0 Å². The van der Waals surface area contributed by atoms with Gasteiger partial charge in [0.25, 0.3) is 5.69 Å². The van der Waals surface area contributed by atoms with Gasteiger partial charge in [-0.2, -0.15) is 0 Å². The van der Waals surface area contributed by atoms with Crippen molar-refractivity contribution in [1.29, 1.82) is 0 Å². The van der Waals surface area contributed by atoms with E-state index in [9.17, 15) is 14.9 Å². The van der Waals surface area contributed by atoms with E-state index in [1.807, 2.05) is 0 Å². The predicted octanol–water partition coefficient (Wildman–Crippen LogP) is 1.31. The highest BCUT2D eigenvalue weighted by atomic mass is 16.6. The maximum atomic E-state index is 11.3. The van der Waals surface area contributed by atoms with Gasteiger partial charge >= 0.3 is 0 Å². The van der Waals surface area contributed by atoms with E-state index in [4.69, 9.17) is 5.73 Å². The number of ketones is 1. The number of hydrogen-bond donors (Lipinski definition) is 1. The van der Waals surface area contributed by atoms with Crippen molar-refractivity contribution in [2.45, 2.75) is 12.8 Å². The molecule has 0 heterocycles. The van der Waals surface area contributed by atoms with Crippen LogP contribution in [0, 0.1) is 10.1 Å². The first-order valence-electron chi connectivity index (χ1n) is 4.19. The van der Waals surface area contributed by atoms with Crippen molar-refractivity contribution >= 4 is 17.2 Å². The first kappa shape index (κ1) is 8.68. The van der Waals surface area contributed by atoms with Crippen molar-refractivity contribution in [1.82, 2.24) is 0 Å². The number of Topliss-reactive ketones (excluding diaryl/α,β-unsaturated/α-hetero) is 1. The maximum absolute atomic E-state index is 11.3. The standard InChI is InChI=1S/C9H8N2O3/c10-5-3-7-6(1-2-9(7)12)8(4-5)11(13)14/h3-4H,1-2,10H2. The van der Waals surface area contributed by atoms with Gasteiger partial charge in [-0.25, -0.2) is 0 Å². The monoisotopic (exact) mass is 192 g/mol. The molecule has 0 saturated carbocycles. The number of nitro groups is 1. The summed E-state index contributed by atoms with van der Waals surface area (Å²) in [5, 5.41) is 10.7. The van der Waals surface area contributed by atoms with E-state index in [2.05, 4.69) is 0 Å². The molecule has 0 bridgehead atoms. The molecule has 14 heavy (non-hydrogen) atoms. The summed E-state index contributed by atoms with van der Waals surface area (Å²) in [5.41, 5.74) is 6.64. The molecule has 0 amide bonds. The van der Waals surface area contributed by atoms with Crippen LogP contribution in [0.3, 0.4) is 0 Å². The lowest BCUT2D eigenvalue weighted by Crippen LogP contribution is -1.99. The van der Waals surface area contributed by atoms with Crippen LogP contribution in [-0.4, -0.2) is 10.7 Å². The van der Waals surface area contributed by atoms with Crippen LogP contribution in [0.25, 0.3) is 0 Å². The second-order valence-corrected chi connectivity index (χ2v) is 3.25. The predicted molar refractivity (Wildman–Crippen MR) is 50.2 cm³/mol. The Morgan fingerprint density at radius 1 is 1.36 bits per heavy atom. The molecule has 0 saturated heterocycles. The van der Waals surface area contributed by atoms with E-state index < -0.39 is 4.92 Å². The number of hydrogen-bond acceptors (Lipinski definition) is 4. The van der Waals surface area contributed by atoms with Gasteiger partial charge in [0.05, 0.1) is 4.92 Å². The van der Waals surface area contributed by atoms with E-state index in [1.54, 1.807) is 0 Å². The Bertz CT molecular complexity index is 440. The summed E-state index contributed by atoms with van der Waals surface area (Å²) < 4.78 is 0. The third-order valence-electron chi connectivity index (χ3n) is 2.35. The molecule has 1 aliphatic carbocycles. The molecule has 72 valence electrons. The Labute approximate surface area is 79.7 Å². The summed E-state index contributed by atoms with van der Waals surface area (Å²) in [6.07, 6.45) is 0.796. The Morgan fingerprint density at radius 2 is 2.07 bits per heavy atom. The lowest BCUT2D eigenvalue weighted by atomic mass is 10.1. The SMILES string of the molecule is Nc1cc2c(c([N+](=O)[O-])c1)CCC2=O. The Hall–Kier alpha value is -1.91. The second kappa shape index (κ2) is 2.80. The van der Waals surface area contributed by atoms with Gasteiger partial charge in [-0.1, -0.05) is 0 Å².